The number of nitrogens with one attached hydrogen (secondary N) is 1. The molecular formula is C21H26N2O4S2. The zero-order valence-corrected chi connectivity index (χ0v) is 18.5. The molecule has 0 radical (unpaired) electrons. The fourth-order valence-corrected chi connectivity index (χ4v) is 6.99. The van der Waals surface area contributed by atoms with Crippen LogP contribution in [0.25, 0.3) is 5.00 Å². The number of fused-ring (bicyclic) bond motifs is 1. The summed E-state index contributed by atoms with van der Waals surface area (Å²) in [5.41, 5.74) is 5.04. The van der Waals surface area contributed by atoms with Gasteiger partial charge in [0, 0.05) is 28.4 Å². The van der Waals surface area contributed by atoms with E-state index in [2.05, 4.69) is 16.0 Å². The minimum Gasteiger partial charge on any atom is -0.480 e. The van der Waals surface area contributed by atoms with Crippen molar-refractivity contribution in [1.29, 1.82) is 0 Å². The van der Waals surface area contributed by atoms with E-state index in [1.165, 1.54) is 16.6 Å². The number of thioether (sulfide) groups is 1. The third kappa shape index (κ3) is 3.62. The average Bonchev–Trinajstić information content (AvgIpc) is 3.37. The Morgan fingerprint density at radius 1 is 1.31 bits per heavy atom. The lowest BCUT2D eigenvalue weighted by Gasteiger charge is -2.14. The Balaban J connectivity index is 1.78. The van der Waals surface area contributed by atoms with E-state index in [0.29, 0.717) is 13.2 Å². The van der Waals surface area contributed by atoms with Crippen molar-refractivity contribution in [3.05, 3.63) is 39.0 Å². The molecule has 156 valence electrons. The summed E-state index contributed by atoms with van der Waals surface area (Å²) in [4.78, 5) is 25.5. The number of carboxylic acid groups (broad SMARTS) is 1. The molecule has 3 heterocycles. The van der Waals surface area contributed by atoms with Gasteiger partial charge in [-0.05, 0) is 58.1 Å². The van der Waals surface area contributed by atoms with Crippen molar-refractivity contribution in [1.82, 2.24) is 9.88 Å². The van der Waals surface area contributed by atoms with Crippen LogP contribution in [0.5, 0.6) is 0 Å². The van der Waals surface area contributed by atoms with E-state index < -0.39 is 11.2 Å². The molecule has 2 aromatic rings. The minimum absolute atomic E-state index is 0.0586. The Morgan fingerprint density at radius 2 is 2.07 bits per heavy atom. The lowest BCUT2D eigenvalue weighted by molar-refractivity contribution is -0.136. The van der Waals surface area contributed by atoms with Gasteiger partial charge in [0.15, 0.2) is 0 Å². The molecule has 6 nitrogen and oxygen atoms in total. The summed E-state index contributed by atoms with van der Waals surface area (Å²) in [6.45, 7) is 6.74. The van der Waals surface area contributed by atoms with Crippen LogP contribution in [0.2, 0.25) is 0 Å². The van der Waals surface area contributed by atoms with Crippen LogP contribution in [0.15, 0.2) is 6.07 Å². The summed E-state index contributed by atoms with van der Waals surface area (Å²) in [6.07, 6.45) is 4.19. The van der Waals surface area contributed by atoms with Crippen LogP contribution >= 0.6 is 23.1 Å². The van der Waals surface area contributed by atoms with Gasteiger partial charge < -0.3 is 14.4 Å². The molecular weight excluding hydrogens is 408 g/mol. The van der Waals surface area contributed by atoms with Crippen LogP contribution in [-0.2, 0) is 22.4 Å². The smallest absolute Gasteiger partial charge is 0.341 e. The predicted octanol–water partition coefficient (Wildman–Crippen LogP) is 4.00. The summed E-state index contributed by atoms with van der Waals surface area (Å²) >= 11 is 3.14. The second kappa shape index (κ2) is 8.16. The number of carboxylic acids is 1. The van der Waals surface area contributed by atoms with Crippen molar-refractivity contribution in [2.45, 2.75) is 57.1 Å². The number of aryl methyl sites for hydroxylation is 2. The SMILES string of the molecule is CCOC(=O)c1c(-n2c(C)cc([C@H]3NC[C@H](C(=O)O)S3)c2C)sc2c1CCCC2. The number of nitrogens with zero attached hydrogens (tertiary/aromatic N) is 1. The van der Waals surface area contributed by atoms with Gasteiger partial charge in [0.1, 0.15) is 10.3 Å². The van der Waals surface area contributed by atoms with Gasteiger partial charge in [-0.2, -0.15) is 0 Å². The Labute approximate surface area is 178 Å². The number of carbonyl (C=O) groups excluding carboxylic acids is 1. The Morgan fingerprint density at radius 3 is 2.76 bits per heavy atom. The van der Waals surface area contributed by atoms with Gasteiger partial charge in [-0.3, -0.25) is 10.1 Å². The third-order valence-corrected chi connectivity index (χ3v) is 8.32. The van der Waals surface area contributed by atoms with Crippen LogP contribution in [0.3, 0.4) is 0 Å². The van der Waals surface area contributed by atoms with E-state index in [9.17, 15) is 14.7 Å². The highest BCUT2D eigenvalue weighted by Gasteiger charge is 2.34. The molecule has 1 fully saturated rings. The van der Waals surface area contributed by atoms with E-state index >= 15 is 0 Å². The molecule has 1 aliphatic heterocycles. The maximum atomic E-state index is 12.9. The fraction of sp³-hybridized carbons (Fsp3) is 0.524. The molecule has 0 bridgehead atoms. The standard InChI is InChI=1S/C21H26N2O4S2/c1-4-27-21(26)17-13-7-5-6-8-15(13)29-19(17)23-11(2)9-14(12(23)3)18-22-10-16(28-18)20(24)25/h9,16,18,22H,4-8,10H2,1-3H3,(H,24,25)/t16-,18+/m1/s1. The molecule has 2 atom stereocenters. The van der Waals surface area contributed by atoms with Crippen LogP contribution in [0.4, 0.5) is 0 Å². The number of aliphatic carboxylic acids is 1. The van der Waals surface area contributed by atoms with E-state index in [0.717, 1.165) is 58.8 Å². The average molecular weight is 435 g/mol. The zero-order chi connectivity index (χ0) is 20.7. The molecule has 0 spiro atoms. The molecule has 1 aliphatic carbocycles. The minimum atomic E-state index is -0.783. The number of ether oxygens (including phenoxy) is 1. The second-order valence-electron chi connectivity index (χ2n) is 7.52. The van der Waals surface area contributed by atoms with Gasteiger partial charge in [-0.25, -0.2) is 4.79 Å². The monoisotopic (exact) mass is 434 g/mol. The number of rotatable bonds is 5. The van der Waals surface area contributed by atoms with Gasteiger partial charge in [-0.1, -0.05) is 0 Å². The van der Waals surface area contributed by atoms with Crippen LogP contribution in [-0.4, -0.2) is 40.0 Å². The van der Waals surface area contributed by atoms with Crippen molar-refractivity contribution in [3.63, 3.8) is 0 Å². The highest BCUT2D eigenvalue weighted by atomic mass is 32.2. The lowest BCUT2D eigenvalue weighted by Crippen LogP contribution is -2.21. The largest absolute Gasteiger partial charge is 0.480 e. The van der Waals surface area contributed by atoms with Gasteiger partial charge in [0.2, 0.25) is 0 Å². The highest BCUT2D eigenvalue weighted by molar-refractivity contribution is 8.01. The summed E-state index contributed by atoms with van der Waals surface area (Å²) in [7, 11) is 0. The Kier molecular flexibility index (Phi) is 5.77. The summed E-state index contributed by atoms with van der Waals surface area (Å²) in [5.74, 6) is -1.02. The van der Waals surface area contributed by atoms with E-state index in [4.69, 9.17) is 4.74 Å². The molecule has 29 heavy (non-hydrogen) atoms. The van der Waals surface area contributed by atoms with Gasteiger partial charge >= 0.3 is 11.9 Å². The van der Waals surface area contributed by atoms with Crippen LogP contribution in [0.1, 0.15) is 62.9 Å². The molecule has 0 aromatic carbocycles. The van der Waals surface area contributed by atoms with Gasteiger partial charge in [-0.15, -0.1) is 23.1 Å². The topological polar surface area (TPSA) is 80.6 Å². The summed E-state index contributed by atoms with van der Waals surface area (Å²) in [5, 5.41) is 13.1. The van der Waals surface area contributed by atoms with Crippen molar-refractivity contribution in [2.24, 2.45) is 0 Å². The zero-order valence-electron chi connectivity index (χ0n) is 16.9. The lowest BCUT2D eigenvalue weighted by atomic mass is 9.95. The number of thiophene rings is 1. The number of aromatic nitrogens is 1. The summed E-state index contributed by atoms with van der Waals surface area (Å²) < 4.78 is 7.57. The number of carbonyl (C=O) groups is 2. The first kappa shape index (κ1) is 20.5. The third-order valence-electron chi connectivity index (χ3n) is 5.65. The molecule has 0 amide bonds. The second-order valence-corrected chi connectivity index (χ2v) is 9.92. The molecule has 2 N–H and O–H groups in total. The van der Waals surface area contributed by atoms with Crippen molar-refractivity contribution >= 4 is 35.0 Å². The maximum Gasteiger partial charge on any atom is 0.341 e. The predicted molar refractivity (Wildman–Crippen MR) is 115 cm³/mol. The fourth-order valence-electron chi connectivity index (χ4n) is 4.29. The number of esters is 1. The molecule has 0 unspecified atom stereocenters. The van der Waals surface area contributed by atoms with E-state index in [-0.39, 0.29) is 11.3 Å². The molecule has 1 saturated heterocycles. The van der Waals surface area contributed by atoms with Gasteiger partial charge in [0.05, 0.1) is 17.5 Å². The molecule has 4 rings (SSSR count). The highest BCUT2D eigenvalue weighted by Crippen LogP contribution is 2.42. The number of hydrogen-bond donors (Lipinski definition) is 2. The molecule has 2 aromatic heterocycles. The number of hydrogen-bond acceptors (Lipinski definition) is 6. The van der Waals surface area contributed by atoms with Crippen LogP contribution in [0, 0.1) is 13.8 Å². The first-order chi connectivity index (χ1) is 13.9. The molecule has 0 saturated carbocycles. The first-order valence-electron chi connectivity index (χ1n) is 10.0. The van der Waals surface area contributed by atoms with Crippen molar-refractivity contribution in [2.75, 3.05) is 13.2 Å². The quantitative estimate of drug-likeness (QED) is 0.693. The molecule has 8 heteroatoms. The van der Waals surface area contributed by atoms with Crippen molar-refractivity contribution < 1.29 is 19.4 Å². The maximum absolute atomic E-state index is 12.9. The molecule has 2 aliphatic rings. The van der Waals surface area contributed by atoms with Gasteiger partial charge in [0.25, 0.3) is 0 Å². The van der Waals surface area contributed by atoms with E-state index in [1.54, 1.807) is 11.3 Å². The van der Waals surface area contributed by atoms with Crippen molar-refractivity contribution in [3.8, 4) is 5.00 Å². The Hall–Kier alpha value is -1.77. The normalized spacial score (nSPS) is 21.2. The summed E-state index contributed by atoms with van der Waals surface area (Å²) in [6, 6.07) is 2.11. The van der Waals surface area contributed by atoms with E-state index in [1.807, 2.05) is 20.8 Å². The van der Waals surface area contributed by atoms with Crippen LogP contribution < -0.4 is 5.32 Å². The Bertz CT molecular complexity index is 963. The first-order valence-corrected chi connectivity index (χ1v) is 11.8.